The normalized spacial score (nSPS) is 15.6. The Balaban J connectivity index is 1.51. The van der Waals surface area contributed by atoms with Crippen LogP contribution in [0.2, 0.25) is 19.6 Å². The quantitative estimate of drug-likeness (QED) is 0.260. The number of furan rings is 1. The van der Waals surface area contributed by atoms with E-state index >= 15 is 0 Å². The molecule has 1 saturated heterocycles. The van der Waals surface area contributed by atoms with Crippen LogP contribution in [0.4, 0.5) is 11.6 Å². The molecule has 2 aromatic heterocycles. The first-order chi connectivity index (χ1) is 19.1. The summed E-state index contributed by atoms with van der Waals surface area (Å²) in [6, 6.07) is 9.37. The number of nitrogens with one attached hydrogen (secondary N) is 2. The molecule has 0 aliphatic carbocycles. The maximum Gasteiger partial charge on any atom is 0.291 e. The zero-order valence-electron chi connectivity index (χ0n) is 24.0. The van der Waals surface area contributed by atoms with E-state index in [1.165, 1.54) is 19.4 Å². The Morgan fingerprint density at radius 2 is 1.82 bits per heavy atom. The van der Waals surface area contributed by atoms with Gasteiger partial charge in [-0.1, -0.05) is 37.0 Å². The number of benzene rings is 1. The Labute approximate surface area is 234 Å². The van der Waals surface area contributed by atoms with Gasteiger partial charge >= 0.3 is 0 Å². The number of hydroxylamine groups is 1. The number of nitrogens with zero attached hydrogens (tertiary/aromatic N) is 3. The second-order valence-corrected chi connectivity index (χ2v) is 15.4. The fraction of sp³-hybridized carbons (Fsp3) is 0.444. The van der Waals surface area contributed by atoms with Gasteiger partial charge in [-0.15, -0.1) is 0 Å². The molecule has 4 rings (SSSR count). The third kappa shape index (κ3) is 6.91. The molecular weight excluding hydrogens is 534 g/mol. The first-order valence-corrected chi connectivity index (χ1v) is 16.5. The molecule has 1 atom stereocenters. The number of aryl methyl sites for hydroxylation is 1. The molecule has 3 aromatic rings. The van der Waals surface area contributed by atoms with Crippen molar-refractivity contribution in [3.63, 3.8) is 0 Å². The summed E-state index contributed by atoms with van der Waals surface area (Å²) >= 11 is 0. The van der Waals surface area contributed by atoms with Gasteiger partial charge in [0.1, 0.15) is 5.75 Å². The summed E-state index contributed by atoms with van der Waals surface area (Å²) in [4.78, 5) is 29.1. The van der Waals surface area contributed by atoms with Crippen LogP contribution in [0.3, 0.4) is 0 Å². The van der Waals surface area contributed by atoms with Gasteiger partial charge in [0.2, 0.25) is 17.7 Å². The van der Waals surface area contributed by atoms with E-state index in [0.29, 0.717) is 37.9 Å². The number of amides is 1. The lowest BCUT2D eigenvalue weighted by molar-refractivity contribution is -0.000674. The fourth-order valence-corrected chi connectivity index (χ4v) is 5.26. The van der Waals surface area contributed by atoms with Gasteiger partial charge < -0.3 is 38.4 Å². The van der Waals surface area contributed by atoms with Gasteiger partial charge in [0.15, 0.2) is 11.4 Å². The fourth-order valence-electron chi connectivity index (χ4n) is 4.11. The summed E-state index contributed by atoms with van der Waals surface area (Å²) < 4.78 is 28.5. The molecule has 1 unspecified atom stereocenters. The molecule has 2 N–H and O–H groups in total. The number of morpholine rings is 1. The first-order valence-electron chi connectivity index (χ1n) is 13.0. The Bertz CT molecular complexity index is 1300. The smallest absolute Gasteiger partial charge is 0.291 e. The topological polar surface area (TPSA) is 129 Å². The number of carbonyl (C=O) groups excluding carboxylic acids is 1. The summed E-state index contributed by atoms with van der Waals surface area (Å²) in [5.41, 5.74) is 3.95. The van der Waals surface area contributed by atoms with Crippen molar-refractivity contribution >= 4 is 30.8 Å². The highest BCUT2D eigenvalue weighted by Crippen LogP contribution is 2.35. The maximum absolute atomic E-state index is 13.1. The SMILES string of the molecule is CONCC1CN(c2nc(OC)c(NC(=O)c3ccc(Oc4cc([Si](C)(C)C)ccc4C)o3)c(OC)n2)CCO1. The van der Waals surface area contributed by atoms with E-state index in [0.717, 1.165) is 5.56 Å². The standard InChI is InChI=1S/C27H37N5O7Si/c1-17-8-9-19(40(5,6)7)14-21(17)39-22-11-10-20(38-22)24(33)29-23-25(34-2)30-27(31-26(23)35-3)32-12-13-37-18(16-32)15-28-36-4/h8-11,14,18,28H,12-13,15-16H2,1-7H3,(H,29,33). The highest BCUT2D eigenvalue weighted by Gasteiger charge is 2.27. The number of aromatic nitrogens is 2. The number of hydrogen-bond acceptors (Lipinski definition) is 11. The van der Waals surface area contributed by atoms with Crippen LogP contribution in [0.25, 0.3) is 0 Å². The zero-order chi connectivity index (χ0) is 28.9. The van der Waals surface area contributed by atoms with E-state index in [1.54, 1.807) is 19.2 Å². The van der Waals surface area contributed by atoms with Gasteiger partial charge in [-0.05, 0) is 24.6 Å². The van der Waals surface area contributed by atoms with Crippen LogP contribution in [0.15, 0.2) is 34.7 Å². The van der Waals surface area contributed by atoms with E-state index in [-0.39, 0.29) is 35.3 Å². The monoisotopic (exact) mass is 571 g/mol. The molecule has 1 aliphatic rings. The lowest BCUT2D eigenvalue weighted by Crippen LogP contribution is -2.47. The Kier molecular flexibility index (Phi) is 9.30. The third-order valence-corrected chi connectivity index (χ3v) is 8.45. The van der Waals surface area contributed by atoms with Gasteiger partial charge in [-0.2, -0.15) is 9.97 Å². The summed E-state index contributed by atoms with van der Waals surface area (Å²) in [7, 11) is 2.94. The molecule has 1 aliphatic heterocycles. The molecule has 1 amide bonds. The van der Waals surface area contributed by atoms with Crippen LogP contribution in [-0.2, 0) is 9.57 Å². The summed E-state index contributed by atoms with van der Waals surface area (Å²) in [5.74, 6) is 1.09. The van der Waals surface area contributed by atoms with Crippen molar-refractivity contribution in [3.8, 4) is 23.5 Å². The average molecular weight is 572 g/mol. The van der Waals surface area contributed by atoms with E-state index < -0.39 is 14.0 Å². The molecule has 0 bridgehead atoms. The third-order valence-electron chi connectivity index (χ3n) is 6.40. The predicted molar refractivity (Wildman–Crippen MR) is 153 cm³/mol. The van der Waals surface area contributed by atoms with Crippen molar-refractivity contribution in [3.05, 3.63) is 41.7 Å². The summed E-state index contributed by atoms with van der Waals surface area (Å²) in [6.45, 7) is 10.9. The van der Waals surface area contributed by atoms with Gasteiger partial charge in [0.25, 0.3) is 11.9 Å². The Morgan fingerprint density at radius 3 is 2.48 bits per heavy atom. The summed E-state index contributed by atoms with van der Waals surface area (Å²) in [6.07, 6.45) is -0.120. The van der Waals surface area contributed by atoms with Crippen molar-refractivity contribution in [1.29, 1.82) is 0 Å². The van der Waals surface area contributed by atoms with Crippen LogP contribution in [0.1, 0.15) is 16.1 Å². The van der Waals surface area contributed by atoms with Crippen LogP contribution < -0.4 is 35.1 Å². The van der Waals surface area contributed by atoms with E-state index in [4.69, 9.17) is 28.2 Å². The Morgan fingerprint density at radius 1 is 1.10 bits per heavy atom. The second-order valence-electron chi connectivity index (χ2n) is 10.3. The number of hydrogen-bond donors (Lipinski definition) is 2. The number of carbonyl (C=O) groups is 1. The van der Waals surface area contributed by atoms with Crippen molar-refractivity contribution < 1.29 is 33.0 Å². The number of methoxy groups -OCH3 is 2. The van der Waals surface area contributed by atoms with Gasteiger partial charge in [0, 0.05) is 25.7 Å². The van der Waals surface area contributed by atoms with Crippen molar-refractivity contribution in [1.82, 2.24) is 15.4 Å². The minimum absolute atomic E-state index is 0.0452. The molecular formula is C27H37N5O7Si. The average Bonchev–Trinajstić information content (AvgIpc) is 3.41. The van der Waals surface area contributed by atoms with Crippen LogP contribution in [-0.4, -0.2) is 77.6 Å². The largest absolute Gasteiger partial charge is 0.479 e. The van der Waals surface area contributed by atoms with Crippen molar-refractivity contribution in [2.75, 3.05) is 57.8 Å². The van der Waals surface area contributed by atoms with E-state index in [9.17, 15) is 4.79 Å². The molecule has 40 heavy (non-hydrogen) atoms. The molecule has 0 radical (unpaired) electrons. The molecule has 1 fully saturated rings. The maximum atomic E-state index is 13.1. The van der Waals surface area contributed by atoms with Crippen molar-refractivity contribution in [2.24, 2.45) is 0 Å². The van der Waals surface area contributed by atoms with Gasteiger partial charge in [0.05, 0.1) is 42.1 Å². The van der Waals surface area contributed by atoms with E-state index in [2.05, 4.69) is 46.5 Å². The summed E-state index contributed by atoms with van der Waals surface area (Å²) in [5, 5.41) is 4.02. The molecule has 3 heterocycles. The minimum Gasteiger partial charge on any atom is -0.479 e. The highest BCUT2D eigenvalue weighted by molar-refractivity contribution is 6.88. The highest BCUT2D eigenvalue weighted by atomic mass is 28.3. The first kappa shape index (κ1) is 29.3. The molecule has 1 aromatic carbocycles. The van der Waals surface area contributed by atoms with Crippen LogP contribution in [0, 0.1) is 6.92 Å². The zero-order valence-corrected chi connectivity index (χ0v) is 25.0. The molecule has 0 spiro atoms. The van der Waals surface area contributed by atoms with Crippen LogP contribution in [0.5, 0.6) is 23.5 Å². The molecule has 12 nitrogen and oxygen atoms in total. The second kappa shape index (κ2) is 12.7. The van der Waals surface area contributed by atoms with Gasteiger partial charge in [-0.25, -0.2) is 5.48 Å². The van der Waals surface area contributed by atoms with E-state index in [1.807, 2.05) is 24.0 Å². The number of anilines is 2. The Hall–Kier alpha value is -3.65. The molecule has 216 valence electrons. The minimum atomic E-state index is -1.53. The van der Waals surface area contributed by atoms with Gasteiger partial charge in [-0.3, -0.25) is 4.79 Å². The number of ether oxygens (including phenoxy) is 4. The van der Waals surface area contributed by atoms with Crippen molar-refractivity contribution in [2.45, 2.75) is 32.7 Å². The predicted octanol–water partition coefficient (Wildman–Crippen LogP) is 3.34. The van der Waals surface area contributed by atoms with Crippen LogP contribution >= 0.6 is 0 Å². The molecule has 13 heteroatoms. The lowest BCUT2D eigenvalue weighted by Gasteiger charge is -2.33. The molecule has 0 saturated carbocycles. The number of rotatable bonds is 11. The lowest BCUT2D eigenvalue weighted by atomic mass is 10.2.